The van der Waals surface area contributed by atoms with Crippen molar-refractivity contribution in [3.8, 4) is 0 Å². The number of hydrogen-bond donors (Lipinski definition) is 0. The molecule has 0 spiro atoms. The minimum atomic E-state index is -0.502. The summed E-state index contributed by atoms with van der Waals surface area (Å²) in [5.41, 5.74) is 0. The lowest BCUT2D eigenvalue weighted by Crippen LogP contribution is -2.27. The summed E-state index contributed by atoms with van der Waals surface area (Å²) in [5.74, 6) is -0.883. The van der Waals surface area contributed by atoms with Gasteiger partial charge in [0.1, 0.15) is 0 Å². The summed E-state index contributed by atoms with van der Waals surface area (Å²) in [6, 6.07) is 0. The van der Waals surface area contributed by atoms with Crippen LogP contribution in [0.2, 0.25) is 0 Å². The minimum absolute atomic E-state index is 0.223. The van der Waals surface area contributed by atoms with Gasteiger partial charge in [0.15, 0.2) is 0 Å². The summed E-state index contributed by atoms with van der Waals surface area (Å²) >= 11 is 2.87. The van der Waals surface area contributed by atoms with E-state index in [1.165, 1.54) is 6.20 Å². The van der Waals surface area contributed by atoms with Crippen molar-refractivity contribution in [3.63, 3.8) is 0 Å². The molecular formula is C5H4BrNO2. The summed E-state index contributed by atoms with van der Waals surface area (Å²) in [6.07, 6.45) is 3.36. The number of carbonyl (C=O) groups is 2. The second kappa shape index (κ2) is 2.31. The number of hydrogen-bond acceptors (Lipinski definition) is 2. The van der Waals surface area contributed by atoms with E-state index < -0.39 is 5.91 Å². The van der Waals surface area contributed by atoms with Gasteiger partial charge in [-0.1, -0.05) is 6.08 Å². The van der Waals surface area contributed by atoms with E-state index in [0.29, 0.717) is 0 Å². The number of allylic oxidation sites excluding steroid dienone is 1. The molecule has 1 amide bonds. The highest BCUT2D eigenvalue weighted by molar-refractivity contribution is 9.07. The van der Waals surface area contributed by atoms with Gasteiger partial charge in [-0.25, -0.2) is 3.93 Å². The first kappa shape index (κ1) is 6.48. The zero-order chi connectivity index (χ0) is 6.85. The fraction of sp³-hybridized carbons (Fsp3) is 0.200. The van der Waals surface area contributed by atoms with E-state index in [1.807, 2.05) is 0 Å². The lowest BCUT2D eigenvalue weighted by atomic mass is 10.2. The molecule has 1 aliphatic rings. The Morgan fingerprint density at radius 1 is 1.56 bits per heavy atom. The van der Waals surface area contributed by atoms with Crippen molar-refractivity contribution in [3.05, 3.63) is 12.3 Å². The van der Waals surface area contributed by atoms with Crippen LogP contribution in [0.1, 0.15) is 6.42 Å². The Bertz CT molecular complexity index is 187. The number of halogens is 1. The minimum Gasteiger partial charge on any atom is -0.288 e. The van der Waals surface area contributed by atoms with Crippen LogP contribution in [-0.2, 0) is 9.59 Å². The molecule has 0 aromatic rings. The van der Waals surface area contributed by atoms with Gasteiger partial charge in [0, 0.05) is 12.6 Å². The molecule has 4 heteroatoms. The molecule has 0 bridgehead atoms. The zero-order valence-corrected chi connectivity index (χ0v) is 6.09. The maximum absolute atomic E-state index is 10.6. The van der Waals surface area contributed by atoms with E-state index in [2.05, 4.69) is 16.1 Å². The van der Waals surface area contributed by atoms with Crippen molar-refractivity contribution in [2.24, 2.45) is 0 Å². The summed E-state index contributed by atoms with van der Waals surface area (Å²) in [5, 5.41) is 0. The predicted octanol–water partition coefficient (Wildman–Crippen LogP) is 0.611. The van der Waals surface area contributed by atoms with E-state index in [9.17, 15) is 9.59 Å². The van der Waals surface area contributed by atoms with Gasteiger partial charge in [0.2, 0.25) is 5.78 Å². The molecule has 0 N–H and O–H groups in total. The third kappa shape index (κ3) is 1.18. The SMILES string of the molecule is O=C1CC=CN(Br)C1=O. The first-order chi connectivity index (χ1) is 4.22. The van der Waals surface area contributed by atoms with Crippen LogP contribution >= 0.6 is 16.1 Å². The smallest absolute Gasteiger partial charge is 0.288 e. The Balaban J connectivity index is 2.81. The van der Waals surface area contributed by atoms with Gasteiger partial charge >= 0.3 is 5.91 Å². The molecule has 0 saturated carbocycles. The zero-order valence-electron chi connectivity index (χ0n) is 4.50. The summed E-state index contributed by atoms with van der Waals surface area (Å²) < 4.78 is 1.10. The number of nitrogens with zero attached hydrogens (tertiary/aromatic N) is 1. The fourth-order valence-electron chi connectivity index (χ4n) is 0.526. The molecule has 0 saturated heterocycles. The molecule has 1 heterocycles. The Morgan fingerprint density at radius 2 is 2.22 bits per heavy atom. The van der Waals surface area contributed by atoms with E-state index in [1.54, 1.807) is 6.08 Å². The van der Waals surface area contributed by atoms with Crippen molar-refractivity contribution >= 4 is 27.8 Å². The van der Waals surface area contributed by atoms with E-state index in [0.717, 1.165) is 3.93 Å². The maximum Gasteiger partial charge on any atom is 0.304 e. The standard InChI is InChI=1S/C5H4BrNO2/c6-7-3-1-2-4(8)5(7)9/h1,3H,2H2. The molecular weight excluding hydrogens is 186 g/mol. The molecule has 0 fully saturated rings. The first-order valence-corrected chi connectivity index (χ1v) is 3.11. The van der Waals surface area contributed by atoms with Crippen LogP contribution in [0.15, 0.2) is 12.3 Å². The predicted molar refractivity (Wildman–Crippen MR) is 34.5 cm³/mol. The van der Waals surface area contributed by atoms with Crippen molar-refractivity contribution in [1.29, 1.82) is 0 Å². The average Bonchev–Trinajstić information content (AvgIpc) is 1.83. The number of ketones is 1. The van der Waals surface area contributed by atoms with Gasteiger partial charge in [-0.3, -0.25) is 9.59 Å². The fourth-order valence-corrected chi connectivity index (χ4v) is 0.891. The van der Waals surface area contributed by atoms with Crippen LogP contribution in [-0.4, -0.2) is 15.6 Å². The average molecular weight is 190 g/mol. The van der Waals surface area contributed by atoms with Crippen LogP contribution in [0.5, 0.6) is 0 Å². The molecule has 0 aromatic heterocycles. The maximum atomic E-state index is 10.6. The molecule has 0 aliphatic carbocycles. The molecule has 9 heavy (non-hydrogen) atoms. The highest BCUT2D eigenvalue weighted by atomic mass is 79.9. The lowest BCUT2D eigenvalue weighted by Gasteiger charge is -2.10. The van der Waals surface area contributed by atoms with Crippen LogP contribution in [0.3, 0.4) is 0 Å². The monoisotopic (exact) mass is 189 g/mol. The van der Waals surface area contributed by atoms with Crippen molar-refractivity contribution in [2.45, 2.75) is 6.42 Å². The van der Waals surface area contributed by atoms with E-state index in [-0.39, 0.29) is 12.2 Å². The quantitative estimate of drug-likeness (QED) is 0.414. The Kier molecular flexibility index (Phi) is 1.66. The Hall–Kier alpha value is -0.640. The third-order valence-corrected chi connectivity index (χ3v) is 1.53. The third-order valence-electron chi connectivity index (χ3n) is 0.972. The van der Waals surface area contributed by atoms with Gasteiger partial charge in [0.25, 0.3) is 0 Å². The highest BCUT2D eigenvalue weighted by Crippen LogP contribution is 2.07. The Labute approximate surface area is 60.7 Å². The lowest BCUT2D eigenvalue weighted by molar-refractivity contribution is -0.140. The van der Waals surface area contributed by atoms with Gasteiger partial charge in [-0.05, 0) is 0 Å². The van der Waals surface area contributed by atoms with Gasteiger partial charge in [-0.2, -0.15) is 0 Å². The second-order valence-corrected chi connectivity index (χ2v) is 2.39. The molecule has 0 unspecified atom stereocenters. The van der Waals surface area contributed by atoms with Crippen molar-refractivity contribution in [1.82, 2.24) is 3.93 Å². The summed E-state index contributed by atoms with van der Waals surface area (Å²) in [7, 11) is 0. The molecule has 0 aromatic carbocycles. The molecule has 0 radical (unpaired) electrons. The largest absolute Gasteiger partial charge is 0.304 e. The van der Waals surface area contributed by atoms with E-state index >= 15 is 0 Å². The van der Waals surface area contributed by atoms with E-state index in [4.69, 9.17) is 0 Å². The normalized spacial score (nSPS) is 19.0. The molecule has 1 aliphatic heterocycles. The van der Waals surface area contributed by atoms with Crippen LogP contribution in [0.4, 0.5) is 0 Å². The Morgan fingerprint density at radius 3 is 2.67 bits per heavy atom. The van der Waals surface area contributed by atoms with Gasteiger partial charge in [0.05, 0.1) is 16.1 Å². The van der Waals surface area contributed by atoms with Crippen LogP contribution < -0.4 is 0 Å². The van der Waals surface area contributed by atoms with Crippen molar-refractivity contribution < 1.29 is 9.59 Å². The number of amides is 1. The number of Topliss-reactive ketones (excluding diaryl/α,β-unsaturated/α-hetero) is 1. The van der Waals surface area contributed by atoms with Crippen LogP contribution in [0, 0.1) is 0 Å². The molecule has 3 nitrogen and oxygen atoms in total. The van der Waals surface area contributed by atoms with Crippen LogP contribution in [0.25, 0.3) is 0 Å². The first-order valence-electron chi connectivity index (χ1n) is 2.40. The molecule has 48 valence electrons. The summed E-state index contributed by atoms with van der Waals surface area (Å²) in [6.45, 7) is 0. The molecule has 1 rings (SSSR count). The number of carbonyl (C=O) groups excluding carboxylic acids is 2. The second-order valence-electron chi connectivity index (χ2n) is 1.63. The topological polar surface area (TPSA) is 37.4 Å². The molecule has 0 atom stereocenters. The van der Waals surface area contributed by atoms with Crippen molar-refractivity contribution in [2.75, 3.05) is 0 Å². The van der Waals surface area contributed by atoms with Gasteiger partial charge in [-0.15, -0.1) is 0 Å². The van der Waals surface area contributed by atoms with Gasteiger partial charge < -0.3 is 0 Å². The summed E-state index contributed by atoms with van der Waals surface area (Å²) in [4.78, 5) is 21.1. The number of rotatable bonds is 0. The highest BCUT2D eigenvalue weighted by Gasteiger charge is 2.19.